The number of anilines is 2. The molecule has 0 aliphatic heterocycles. The van der Waals surface area contributed by atoms with Crippen LogP contribution in [0.3, 0.4) is 0 Å². The summed E-state index contributed by atoms with van der Waals surface area (Å²) in [5, 5.41) is 15.7. The van der Waals surface area contributed by atoms with Crippen molar-refractivity contribution in [2.45, 2.75) is 6.92 Å². The van der Waals surface area contributed by atoms with Gasteiger partial charge in [-0.3, -0.25) is 4.79 Å². The number of carbonyl (C=O) groups excluding carboxylic acids is 1. The minimum atomic E-state index is -0.548. The molecule has 2 aromatic rings. The maximum Gasteiger partial charge on any atom is 0.267 e. The zero-order chi connectivity index (χ0) is 16.8. The van der Waals surface area contributed by atoms with Crippen molar-refractivity contribution < 1.29 is 4.79 Å². The van der Waals surface area contributed by atoms with E-state index in [1.165, 1.54) is 6.20 Å². The fourth-order valence-corrected chi connectivity index (χ4v) is 2.17. The van der Waals surface area contributed by atoms with E-state index in [-0.39, 0.29) is 5.57 Å². The van der Waals surface area contributed by atoms with Gasteiger partial charge in [-0.25, -0.2) is 0 Å². The van der Waals surface area contributed by atoms with Crippen LogP contribution in [0.15, 0.2) is 54.2 Å². The smallest absolute Gasteiger partial charge is 0.267 e. The van der Waals surface area contributed by atoms with Crippen LogP contribution in [-0.4, -0.2) is 5.91 Å². The van der Waals surface area contributed by atoms with Gasteiger partial charge >= 0.3 is 0 Å². The number of nitriles is 1. The second kappa shape index (κ2) is 7.68. The van der Waals surface area contributed by atoms with E-state index in [0.29, 0.717) is 15.7 Å². The molecule has 0 aliphatic carbocycles. The van der Waals surface area contributed by atoms with Gasteiger partial charge in [-0.15, -0.1) is 0 Å². The van der Waals surface area contributed by atoms with Gasteiger partial charge in [0, 0.05) is 16.9 Å². The topological polar surface area (TPSA) is 64.9 Å². The van der Waals surface area contributed by atoms with Crippen LogP contribution >= 0.6 is 23.2 Å². The van der Waals surface area contributed by atoms with E-state index in [1.807, 2.05) is 13.0 Å². The van der Waals surface area contributed by atoms with Crippen molar-refractivity contribution >= 4 is 40.5 Å². The summed E-state index contributed by atoms with van der Waals surface area (Å²) in [5.74, 6) is -0.548. The molecule has 0 aliphatic rings. The molecule has 23 heavy (non-hydrogen) atoms. The molecule has 2 rings (SSSR count). The average molecular weight is 346 g/mol. The van der Waals surface area contributed by atoms with Gasteiger partial charge < -0.3 is 10.6 Å². The van der Waals surface area contributed by atoms with Crippen LogP contribution in [0, 0.1) is 18.3 Å². The maximum atomic E-state index is 12.1. The fourth-order valence-electron chi connectivity index (χ4n) is 1.81. The van der Waals surface area contributed by atoms with Gasteiger partial charge in [0.25, 0.3) is 5.91 Å². The summed E-state index contributed by atoms with van der Waals surface area (Å²) in [6.07, 6.45) is 1.34. The first-order chi connectivity index (χ1) is 11.0. The lowest BCUT2D eigenvalue weighted by molar-refractivity contribution is -0.112. The van der Waals surface area contributed by atoms with Crippen LogP contribution in [0.1, 0.15) is 5.56 Å². The Hall–Kier alpha value is -2.48. The lowest BCUT2D eigenvalue weighted by atomic mass is 10.2. The summed E-state index contributed by atoms with van der Waals surface area (Å²) in [7, 11) is 0. The zero-order valence-corrected chi connectivity index (χ0v) is 13.7. The van der Waals surface area contributed by atoms with Gasteiger partial charge in [-0.2, -0.15) is 5.26 Å². The van der Waals surface area contributed by atoms with Crippen LogP contribution in [0.25, 0.3) is 0 Å². The Bertz CT molecular complexity index is 810. The molecule has 0 unspecified atom stereocenters. The quantitative estimate of drug-likeness (QED) is 0.620. The van der Waals surface area contributed by atoms with Gasteiger partial charge in [-0.1, -0.05) is 41.4 Å². The van der Waals surface area contributed by atoms with Crippen molar-refractivity contribution in [2.75, 3.05) is 10.6 Å². The van der Waals surface area contributed by atoms with Crippen molar-refractivity contribution in [1.82, 2.24) is 0 Å². The Labute approximate surface area is 144 Å². The molecule has 6 heteroatoms. The summed E-state index contributed by atoms with van der Waals surface area (Å²) in [6.45, 7) is 1.84. The molecule has 2 aromatic carbocycles. The minimum Gasteiger partial charge on any atom is -0.360 e. The van der Waals surface area contributed by atoms with Crippen molar-refractivity contribution in [3.05, 3.63) is 69.8 Å². The number of benzene rings is 2. The van der Waals surface area contributed by atoms with E-state index in [2.05, 4.69) is 10.6 Å². The number of nitrogens with zero attached hydrogens (tertiary/aromatic N) is 1. The number of halogens is 2. The Morgan fingerprint density at radius 2 is 1.74 bits per heavy atom. The second-order valence-electron chi connectivity index (χ2n) is 4.66. The largest absolute Gasteiger partial charge is 0.360 e. The molecule has 0 atom stereocenters. The van der Waals surface area contributed by atoms with E-state index in [0.717, 1.165) is 11.3 Å². The number of rotatable bonds is 4. The van der Waals surface area contributed by atoms with Gasteiger partial charge in [-0.05, 0) is 36.8 Å². The van der Waals surface area contributed by atoms with E-state index in [9.17, 15) is 4.79 Å². The number of hydrogen-bond donors (Lipinski definition) is 2. The molecule has 0 saturated carbocycles. The number of hydrogen-bond acceptors (Lipinski definition) is 3. The Morgan fingerprint density at radius 3 is 2.43 bits per heavy atom. The molecular formula is C17H13Cl2N3O. The number of para-hydroxylation sites is 1. The molecule has 4 nitrogen and oxygen atoms in total. The van der Waals surface area contributed by atoms with E-state index < -0.39 is 5.91 Å². The van der Waals surface area contributed by atoms with Crippen LogP contribution < -0.4 is 10.6 Å². The molecule has 0 saturated heterocycles. The third kappa shape index (κ3) is 4.26. The number of nitrogens with one attached hydrogen (secondary N) is 2. The lowest BCUT2D eigenvalue weighted by Gasteiger charge is -2.08. The Balaban J connectivity index is 2.16. The molecule has 0 aromatic heterocycles. The Morgan fingerprint density at radius 1 is 1.09 bits per heavy atom. The molecule has 1 amide bonds. The van der Waals surface area contributed by atoms with Gasteiger partial charge in [0.05, 0.1) is 10.7 Å². The minimum absolute atomic E-state index is 0.0794. The summed E-state index contributed by atoms with van der Waals surface area (Å²) in [6, 6.07) is 14.0. The third-order valence-electron chi connectivity index (χ3n) is 3.13. The predicted octanol–water partition coefficient (Wildman–Crippen LogP) is 4.76. The monoisotopic (exact) mass is 345 g/mol. The van der Waals surface area contributed by atoms with Crippen molar-refractivity contribution in [3.63, 3.8) is 0 Å². The first kappa shape index (κ1) is 16.9. The molecule has 2 N–H and O–H groups in total. The number of amides is 1. The second-order valence-corrected chi connectivity index (χ2v) is 5.47. The van der Waals surface area contributed by atoms with Gasteiger partial charge in [0.15, 0.2) is 0 Å². The molecule has 116 valence electrons. The summed E-state index contributed by atoms with van der Waals surface area (Å²) < 4.78 is 0. The van der Waals surface area contributed by atoms with Gasteiger partial charge in [0.2, 0.25) is 0 Å². The predicted molar refractivity (Wildman–Crippen MR) is 93.6 cm³/mol. The third-order valence-corrected chi connectivity index (χ3v) is 3.87. The lowest BCUT2D eigenvalue weighted by Crippen LogP contribution is -2.14. The standard InChI is InChI=1S/C17H13Cl2N3O/c1-11-13(18)6-4-8-15(11)21-10-12(9-20)17(23)22-16-7-3-2-5-14(16)19/h2-8,10,21H,1H3,(H,22,23)/b12-10-. The summed E-state index contributed by atoms with van der Waals surface area (Å²) in [5.41, 5.74) is 1.91. The Kier molecular flexibility index (Phi) is 5.64. The molecule has 0 radical (unpaired) electrons. The summed E-state index contributed by atoms with van der Waals surface area (Å²) >= 11 is 12.0. The van der Waals surface area contributed by atoms with E-state index in [4.69, 9.17) is 28.5 Å². The van der Waals surface area contributed by atoms with Crippen LogP contribution in [0.5, 0.6) is 0 Å². The molecular weight excluding hydrogens is 333 g/mol. The number of carbonyl (C=O) groups is 1. The van der Waals surface area contributed by atoms with Crippen molar-refractivity contribution in [2.24, 2.45) is 0 Å². The molecule has 0 spiro atoms. The first-order valence-electron chi connectivity index (χ1n) is 6.70. The first-order valence-corrected chi connectivity index (χ1v) is 7.46. The van der Waals surface area contributed by atoms with Gasteiger partial charge in [0.1, 0.15) is 11.6 Å². The highest BCUT2D eigenvalue weighted by atomic mass is 35.5. The highest BCUT2D eigenvalue weighted by Crippen LogP contribution is 2.23. The van der Waals surface area contributed by atoms with E-state index in [1.54, 1.807) is 42.5 Å². The zero-order valence-electron chi connectivity index (χ0n) is 12.2. The maximum absolute atomic E-state index is 12.1. The van der Waals surface area contributed by atoms with Crippen molar-refractivity contribution in [3.8, 4) is 6.07 Å². The normalized spacial score (nSPS) is 10.8. The SMILES string of the molecule is Cc1c(Cl)cccc1N/C=C(/C#N)C(=O)Nc1ccccc1Cl. The molecule has 0 bridgehead atoms. The van der Waals surface area contributed by atoms with E-state index >= 15 is 0 Å². The molecule has 0 fully saturated rings. The highest BCUT2D eigenvalue weighted by Gasteiger charge is 2.11. The average Bonchev–Trinajstić information content (AvgIpc) is 2.54. The van der Waals surface area contributed by atoms with Crippen LogP contribution in [-0.2, 0) is 4.79 Å². The fraction of sp³-hybridized carbons (Fsp3) is 0.0588. The highest BCUT2D eigenvalue weighted by molar-refractivity contribution is 6.34. The van der Waals surface area contributed by atoms with Crippen LogP contribution in [0.2, 0.25) is 10.0 Å². The molecule has 0 heterocycles. The van der Waals surface area contributed by atoms with Crippen molar-refractivity contribution in [1.29, 1.82) is 5.26 Å². The summed E-state index contributed by atoms with van der Waals surface area (Å²) in [4.78, 5) is 12.1. The van der Waals surface area contributed by atoms with Crippen LogP contribution in [0.4, 0.5) is 11.4 Å².